The van der Waals surface area contributed by atoms with E-state index in [0.29, 0.717) is 24.8 Å². The molecule has 3 aromatic rings. The molecule has 0 saturated carbocycles. The monoisotopic (exact) mass is 558 g/mol. The van der Waals surface area contributed by atoms with Gasteiger partial charge >= 0.3 is 12.6 Å². The highest BCUT2D eigenvalue weighted by atomic mass is 19.3. The van der Waals surface area contributed by atoms with Crippen LogP contribution in [0.25, 0.3) is 0 Å². The molecule has 0 spiro atoms. The summed E-state index contributed by atoms with van der Waals surface area (Å²) in [7, 11) is 4.21. The first-order valence-electron chi connectivity index (χ1n) is 14.1. The van der Waals surface area contributed by atoms with Gasteiger partial charge in [0.2, 0.25) is 0 Å². The number of anilines is 1. The summed E-state index contributed by atoms with van der Waals surface area (Å²) < 4.78 is 29.4. The average Bonchev–Trinajstić information content (AvgIpc) is 2.94. The molecule has 3 atom stereocenters. The summed E-state index contributed by atoms with van der Waals surface area (Å²) in [5.41, 5.74) is 3.77. The molecule has 2 aliphatic rings. The van der Waals surface area contributed by atoms with Crippen molar-refractivity contribution in [3.05, 3.63) is 95.6 Å². The molecular formula is C33H36F2N4O2. The maximum absolute atomic E-state index is 13.3. The normalized spacial score (nSPS) is 20.7. The molecule has 41 heavy (non-hydrogen) atoms. The number of ether oxygens (including phenoxy) is 1. The van der Waals surface area contributed by atoms with Crippen LogP contribution in [-0.4, -0.2) is 79.7 Å². The summed E-state index contributed by atoms with van der Waals surface area (Å²) in [6.45, 7) is 0.353. The van der Waals surface area contributed by atoms with E-state index in [4.69, 9.17) is 0 Å². The second kappa shape index (κ2) is 13.2. The Morgan fingerprint density at radius 2 is 1.61 bits per heavy atom. The Morgan fingerprint density at radius 3 is 2.27 bits per heavy atom. The topological polar surface area (TPSA) is 48.1 Å². The van der Waals surface area contributed by atoms with E-state index >= 15 is 0 Å². The number of amides is 2. The van der Waals surface area contributed by atoms with Crippen molar-refractivity contribution in [3.63, 3.8) is 0 Å². The highest BCUT2D eigenvalue weighted by Gasteiger charge is 2.49. The third kappa shape index (κ3) is 7.24. The molecule has 0 aliphatic carbocycles. The summed E-state index contributed by atoms with van der Waals surface area (Å²) in [5, 5.41) is 2.93. The van der Waals surface area contributed by atoms with Crippen molar-refractivity contribution >= 4 is 11.7 Å². The van der Waals surface area contributed by atoms with Crippen molar-refractivity contribution in [3.8, 4) is 17.6 Å². The zero-order chi connectivity index (χ0) is 28.8. The van der Waals surface area contributed by atoms with Crippen molar-refractivity contribution < 1.29 is 18.3 Å². The summed E-state index contributed by atoms with van der Waals surface area (Å²) in [5.74, 6) is 6.83. The third-order valence-corrected chi connectivity index (χ3v) is 7.77. The maximum Gasteiger partial charge on any atom is 0.387 e. The number of likely N-dealkylation sites (N-methyl/N-ethyl adjacent to an activating group) is 1. The van der Waals surface area contributed by atoms with Crippen LogP contribution in [-0.2, 0) is 0 Å². The number of nitrogens with zero attached hydrogens (tertiary/aromatic N) is 3. The van der Waals surface area contributed by atoms with Gasteiger partial charge < -0.3 is 19.9 Å². The maximum atomic E-state index is 13.3. The van der Waals surface area contributed by atoms with Crippen molar-refractivity contribution in [2.24, 2.45) is 0 Å². The Bertz CT molecular complexity index is 1350. The molecule has 8 heteroatoms. The zero-order valence-electron chi connectivity index (χ0n) is 23.5. The fourth-order valence-corrected chi connectivity index (χ4v) is 5.88. The predicted molar refractivity (Wildman–Crippen MR) is 157 cm³/mol. The summed E-state index contributed by atoms with van der Waals surface area (Å²) in [4.78, 5) is 20.0. The molecule has 0 radical (unpaired) electrons. The number of carbonyl (C=O) groups is 1. The standard InChI is InChI=1S/C33H36F2N4O2/c1-37(2)22-29-31(26-14-12-25(13-15-26)11-10-24-8-4-3-5-9-24)30-23-38(20-6-7-21-39(29)30)33(40)36-27-16-18-28(19-17-27)41-32(34)35/h3-5,8-9,12-19,29-32H,6-7,20-23H2,1-2H3,(H,36,40). The van der Waals surface area contributed by atoms with Crippen LogP contribution in [0.3, 0.4) is 0 Å². The molecule has 5 rings (SSSR count). The van der Waals surface area contributed by atoms with Crippen LogP contribution >= 0.6 is 0 Å². The molecule has 2 heterocycles. The molecule has 214 valence electrons. The molecule has 2 amide bonds. The number of hydrogen-bond acceptors (Lipinski definition) is 4. The van der Waals surface area contributed by atoms with Crippen LogP contribution in [0.1, 0.15) is 35.4 Å². The lowest BCUT2D eigenvalue weighted by Gasteiger charge is -2.58. The van der Waals surface area contributed by atoms with Gasteiger partial charge in [-0.1, -0.05) is 42.2 Å². The SMILES string of the molecule is CN(C)CC1C(c2ccc(C#Cc3ccccc3)cc2)C2CN(C(=O)Nc3ccc(OC(F)F)cc3)CCCCN12. The highest BCUT2D eigenvalue weighted by molar-refractivity contribution is 5.89. The molecule has 6 nitrogen and oxygen atoms in total. The summed E-state index contributed by atoms with van der Waals surface area (Å²) in [6.07, 6.45) is 1.94. The Morgan fingerprint density at radius 1 is 0.951 bits per heavy atom. The molecule has 2 fully saturated rings. The number of carbonyl (C=O) groups excluding carboxylic acids is 1. The minimum Gasteiger partial charge on any atom is -0.435 e. The second-order valence-electron chi connectivity index (χ2n) is 10.9. The van der Waals surface area contributed by atoms with E-state index in [2.05, 4.69) is 70.1 Å². The van der Waals surface area contributed by atoms with Crippen LogP contribution in [0.4, 0.5) is 19.3 Å². The number of nitrogens with one attached hydrogen (secondary N) is 1. The molecule has 0 bridgehead atoms. The summed E-state index contributed by atoms with van der Waals surface area (Å²) in [6, 6.07) is 24.9. The smallest absolute Gasteiger partial charge is 0.387 e. The molecule has 1 N–H and O–H groups in total. The quantitative estimate of drug-likeness (QED) is 0.394. The Labute approximate surface area is 240 Å². The number of halogens is 2. The lowest BCUT2D eigenvalue weighted by Crippen LogP contribution is -2.69. The van der Waals surface area contributed by atoms with Crippen molar-refractivity contribution in [1.82, 2.24) is 14.7 Å². The van der Waals surface area contributed by atoms with Crippen LogP contribution in [0.5, 0.6) is 5.75 Å². The van der Waals surface area contributed by atoms with E-state index in [9.17, 15) is 13.6 Å². The van der Waals surface area contributed by atoms with Gasteiger partial charge in [0.25, 0.3) is 0 Å². The second-order valence-corrected chi connectivity index (χ2v) is 10.9. The first kappa shape index (κ1) is 28.6. The van der Waals surface area contributed by atoms with Gasteiger partial charge in [0, 0.05) is 54.5 Å². The van der Waals surface area contributed by atoms with Gasteiger partial charge in [-0.05, 0) is 87.6 Å². The molecule has 2 saturated heterocycles. The van der Waals surface area contributed by atoms with Crippen molar-refractivity contribution in [2.45, 2.75) is 37.5 Å². The third-order valence-electron chi connectivity index (χ3n) is 7.77. The largest absolute Gasteiger partial charge is 0.435 e. The Kier molecular flexibility index (Phi) is 9.17. The predicted octanol–water partition coefficient (Wildman–Crippen LogP) is 5.71. The molecule has 3 aromatic carbocycles. The lowest BCUT2D eigenvalue weighted by molar-refractivity contribution is -0.0498. The van der Waals surface area contributed by atoms with Crippen LogP contribution in [0, 0.1) is 11.8 Å². The lowest BCUT2D eigenvalue weighted by atomic mass is 9.73. The van der Waals surface area contributed by atoms with Gasteiger partial charge in [-0.15, -0.1) is 0 Å². The van der Waals surface area contributed by atoms with Crippen molar-refractivity contribution in [1.29, 1.82) is 0 Å². The van der Waals surface area contributed by atoms with E-state index in [0.717, 1.165) is 37.1 Å². The zero-order valence-corrected chi connectivity index (χ0v) is 23.5. The number of alkyl halides is 2. The number of benzene rings is 3. The summed E-state index contributed by atoms with van der Waals surface area (Å²) >= 11 is 0. The minimum absolute atomic E-state index is 0.0567. The highest BCUT2D eigenvalue weighted by Crippen LogP contribution is 2.42. The van der Waals surface area contributed by atoms with Gasteiger partial charge in [0.1, 0.15) is 5.75 Å². The van der Waals surface area contributed by atoms with Gasteiger partial charge in [0.15, 0.2) is 0 Å². The van der Waals surface area contributed by atoms with E-state index in [-0.39, 0.29) is 23.7 Å². The Hall–Kier alpha value is -3.93. The van der Waals surface area contributed by atoms with E-state index in [1.54, 1.807) is 12.1 Å². The average molecular weight is 559 g/mol. The number of hydrogen-bond donors (Lipinski definition) is 1. The van der Waals surface area contributed by atoms with Gasteiger partial charge in [-0.2, -0.15) is 8.78 Å². The number of urea groups is 1. The van der Waals surface area contributed by atoms with Gasteiger partial charge in [0.05, 0.1) is 0 Å². The fourth-order valence-electron chi connectivity index (χ4n) is 5.88. The van der Waals surface area contributed by atoms with Crippen LogP contribution in [0.2, 0.25) is 0 Å². The van der Waals surface area contributed by atoms with Gasteiger partial charge in [-0.25, -0.2) is 4.79 Å². The first-order valence-corrected chi connectivity index (χ1v) is 14.1. The fraction of sp³-hybridized carbons (Fsp3) is 0.364. The van der Waals surface area contributed by atoms with Crippen molar-refractivity contribution in [2.75, 3.05) is 45.6 Å². The van der Waals surface area contributed by atoms with Crippen LogP contribution in [0.15, 0.2) is 78.9 Å². The van der Waals surface area contributed by atoms with Gasteiger partial charge in [-0.3, -0.25) is 4.90 Å². The van der Waals surface area contributed by atoms with E-state index in [1.807, 2.05) is 35.2 Å². The molecule has 3 unspecified atom stereocenters. The number of rotatable bonds is 6. The molecular weight excluding hydrogens is 522 g/mol. The van der Waals surface area contributed by atoms with E-state index < -0.39 is 6.61 Å². The first-order chi connectivity index (χ1) is 19.9. The molecule has 2 aliphatic heterocycles. The van der Waals surface area contributed by atoms with E-state index in [1.165, 1.54) is 17.7 Å². The number of fused-ring (bicyclic) bond motifs is 1. The van der Waals surface area contributed by atoms with Crippen LogP contribution < -0.4 is 10.1 Å². The Balaban J connectivity index is 1.31. The molecule has 0 aromatic heterocycles. The minimum atomic E-state index is -2.88.